The predicted molar refractivity (Wildman–Crippen MR) is 136 cm³/mol. The van der Waals surface area contributed by atoms with Crippen LogP contribution < -0.4 is 19.6 Å². The molecule has 35 heavy (non-hydrogen) atoms. The lowest BCUT2D eigenvalue weighted by Crippen LogP contribution is -2.24. The maximum atomic E-state index is 12.4. The van der Waals surface area contributed by atoms with E-state index in [4.69, 9.17) is 37.4 Å². The van der Waals surface area contributed by atoms with E-state index in [-0.39, 0.29) is 22.9 Å². The van der Waals surface area contributed by atoms with Crippen LogP contribution in [0.3, 0.4) is 0 Å². The molecule has 0 fully saturated rings. The molecule has 0 aromatic heterocycles. The minimum atomic E-state index is -0.620. The number of methoxy groups -OCH3 is 1. The van der Waals surface area contributed by atoms with E-state index in [0.717, 1.165) is 5.56 Å². The lowest BCUT2D eigenvalue weighted by atomic mass is 10.1. The minimum Gasteiger partial charge on any atom is -0.493 e. The van der Waals surface area contributed by atoms with Gasteiger partial charge in [0.05, 0.1) is 28.9 Å². The number of ether oxygens (including phenoxy) is 3. The molecule has 3 aromatic rings. The molecular formula is C26H22Cl2N2O5. The first-order valence-electron chi connectivity index (χ1n) is 10.4. The van der Waals surface area contributed by atoms with Crippen molar-refractivity contribution in [3.8, 4) is 17.2 Å². The van der Waals surface area contributed by atoms with Crippen LogP contribution in [0.25, 0.3) is 0 Å². The third-order valence-corrected chi connectivity index (χ3v) is 5.38. The number of nitrogens with one attached hydrogen (secondary N) is 1. The number of para-hydroxylation sites is 1. The molecule has 0 aliphatic heterocycles. The van der Waals surface area contributed by atoms with E-state index in [1.807, 2.05) is 18.2 Å². The second-order valence-corrected chi connectivity index (χ2v) is 7.93. The monoisotopic (exact) mass is 512 g/mol. The summed E-state index contributed by atoms with van der Waals surface area (Å²) in [5.41, 5.74) is 4.19. The van der Waals surface area contributed by atoms with E-state index < -0.39 is 11.9 Å². The van der Waals surface area contributed by atoms with Crippen LogP contribution in [0.4, 0.5) is 0 Å². The summed E-state index contributed by atoms with van der Waals surface area (Å²) in [7, 11) is 1.44. The van der Waals surface area contributed by atoms with Gasteiger partial charge in [-0.05, 0) is 60.0 Å². The molecule has 0 atom stereocenters. The van der Waals surface area contributed by atoms with Gasteiger partial charge in [0.1, 0.15) is 5.75 Å². The van der Waals surface area contributed by atoms with Gasteiger partial charge < -0.3 is 14.2 Å². The van der Waals surface area contributed by atoms with Crippen LogP contribution in [0, 0.1) is 0 Å². The summed E-state index contributed by atoms with van der Waals surface area (Å²) in [6.07, 6.45) is 3.83. The molecule has 0 aliphatic carbocycles. The Balaban J connectivity index is 1.58. The number of benzene rings is 3. The Labute approximate surface area is 212 Å². The van der Waals surface area contributed by atoms with Crippen molar-refractivity contribution in [2.75, 3.05) is 13.7 Å². The van der Waals surface area contributed by atoms with Gasteiger partial charge in [0.2, 0.25) is 0 Å². The van der Waals surface area contributed by atoms with Crippen LogP contribution in [-0.2, 0) is 11.2 Å². The second kappa shape index (κ2) is 12.6. The number of halogens is 2. The van der Waals surface area contributed by atoms with Gasteiger partial charge in [0.15, 0.2) is 18.1 Å². The zero-order valence-electron chi connectivity index (χ0n) is 18.8. The number of rotatable bonds is 10. The van der Waals surface area contributed by atoms with Gasteiger partial charge in [-0.15, -0.1) is 6.58 Å². The quantitative estimate of drug-likeness (QED) is 0.128. The highest BCUT2D eigenvalue weighted by molar-refractivity contribution is 6.42. The van der Waals surface area contributed by atoms with Crippen LogP contribution in [-0.4, -0.2) is 31.8 Å². The van der Waals surface area contributed by atoms with Crippen molar-refractivity contribution >= 4 is 41.3 Å². The van der Waals surface area contributed by atoms with Crippen molar-refractivity contribution in [1.82, 2.24) is 5.43 Å². The van der Waals surface area contributed by atoms with E-state index in [1.54, 1.807) is 30.3 Å². The first kappa shape index (κ1) is 25.8. The van der Waals surface area contributed by atoms with E-state index in [9.17, 15) is 9.59 Å². The van der Waals surface area contributed by atoms with E-state index in [0.29, 0.717) is 28.5 Å². The van der Waals surface area contributed by atoms with Crippen LogP contribution >= 0.6 is 23.2 Å². The topological polar surface area (TPSA) is 86.2 Å². The third-order valence-electron chi connectivity index (χ3n) is 4.64. The van der Waals surface area contributed by atoms with E-state index in [1.165, 1.54) is 31.5 Å². The fraction of sp³-hybridized carbons (Fsp3) is 0.115. The summed E-state index contributed by atoms with van der Waals surface area (Å²) in [4.78, 5) is 24.5. The van der Waals surface area contributed by atoms with Crippen molar-refractivity contribution < 1.29 is 23.8 Å². The van der Waals surface area contributed by atoms with Crippen molar-refractivity contribution in [3.63, 3.8) is 0 Å². The SMILES string of the molecule is C=CCc1ccccc1OCC(=O)N/N=C/c1ccc(OC(=O)c2ccc(Cl)c(Cl)c2)c(OC)c1. The smallest absolute Gasteiger partial charge is 0.343 e. The highest BCUT2D eigenvalue weighted by atomic mass is 35.5. The average molecular weight is 513 g/mol. The Kier molecular flexibility index (Phi) is 9.29. The summed E-state index contributed by atoms with van der Waals surface area (Å²) in [5, 5.41) is 4.51. The Hall–Kier alpha value is -3.81. The van der Waals surface area contributed by atoms with Crippen LogP contribution in [0.1, 0.15) is 21.5 Å². The number of amides is 1. The molecule has 3 aromatic carbocycles. The van der Waals surface area contributed by atoms with Gasteiger partial charge in [-0.1, -0.05) is 47.5 Å². The molecule has 0 spiro atoms. The van der Waals surface area contributed by atoms with Crippen molar-refractivity contribution in [1.29, 1.82) is 0 Å². The van der Waals surface area contributed by atoms with Crippen LogP contribution in [0.5, 0.6) is 17.2 Å². The fourth-order valence-corrected chi connectivity index (χ4v) is 3.25. The number of nitrogens with zero attached hydrogens (tertiary/aromatic N) is 1. The maximum absolute atomic E-state index is 12.4. The standard InChI is InChI=1S/C26H22Cl2N2O5/c1-3-6-18-7-4-5-8-22(18)34-16-25(31)30-29-15-17-9-12-23(24(13-17)33-2)35-26(32)19-10-11-20(27)21(28)14-19/h3-5,7-15H,1,6,16H2,2H3,(H,30,31)/b29-15+. The lowest BCUT2D eigenvalue weighted by Gasteiger charge is -2.10. The molecule has 0 radical (unpaired) electrons. The van der Waals surface area contributed by atoms with Gasteiger partial charge in [0.25, 0.3) is 5.91 Å². The molecule has 180 valence electrons. The zero-order valence-corrected chi connectivity index (χ0v) is 20.3. The van der Waals surface area contributed by atoms with Gasteiger partial charge in [-0.3, -0.25) is 4.79 Å². The minimum absolute atomic E-state index is 0.196. The largest absolute Gasteiger partial charge is 0.493 e. The number of allylic oxidation sites excluding steroid dienone is 1. The normalized spacial score (nSPS) is 10.6. The Morgan fingerprint density at radius 3 is 2.54 bits per heavy atom. The molecular weight excluding hydrogens is 491 g/mol. The van der Waals surface area contributed by atoms with Crippen LogP contribution in [0.15, 0.2) is 78.4 Å². The summed E-state index contributed by atoms with van der Waals surface area (Å²) in [6.45, 7) is 3.52. The lowest BCUT2D eigenvalue weighted by molar-refractivity contribution is -0.123. The molecule has 9 heteroatoms. The summed E-state index contributed by atoms with van der Waals surface area (Å²) < 4.78 is 16.3. The molecule has 0 heterocycles. The molecule has 0 unspecified atom stereocenters. The number of hydrogen-bond donors (Lipinski definition) is 1. The number of hydrogen-bond acceptors (Lipinski definition) is 6. The predicted octanol–water partition coefficient (Wildman–Crippen LogP) is 5.48. The maximum Gasteiger partial charge on any atom is 0.343 e. The zero-order chi connectivity index (χ0) is 25.2. The van der Waals surface area contributed by atoms with Gasteiger partial charge in [0, 0.05) is 0 Å². The molecule has 1 N–H and O–H groups in total. The van der Waals surface area contributed by atoms with E-state index in [2.05, 4.69) is 17.1 Å². The van der Waals surface area contributed by atoms with E-state index >= 15 is 0 Å². The first-order chi connectivity index (χ1) is 16.9. The fourth-order valence-electron chi connectivity index (χ4n) is 2.95. The average Bonchev–Trinajstić information content (AvgIpc) is 2.86. The molecule has 3 rings (SSSR count). The molecule has 0 aliphatic rings. The summed E-state index contributed by atoms with van der Waals surface area (Å²) >= 11 is 11.8. The first-order valence-corrected chi connectivity index (χ1v) is 11.2. The van der Waals surface area contributed by atoms with Gasteiger partial charge in [-0.25, -0.2) is 10.2 Å². The van der Waals surface area contributed by atoms with Crippen LogP contribution in [0.2, 0.25) is 10.0 Å². The van der Waals surface area contributed by atoms with Crippen molar-refractivity contribution in [2.24, 2.45) is 5.10 Å². The molecule has 7 nitrogen and oxygen atoms in total. The Morgan fingerprint density at radius 1 is 1.00 bits per heavy atom. The number of esters is 1. The Morgan fingerprint density at radius 2 is 1.80 bits per heavy atom. The summed E-state index contributed by atoms with van der Waals surface area (Å²) in [6, 6.07) is 16.7. The Bertz CT molecular complexity index is 1260. The molecule has 1 amide bonds. The summed E-state index contributed by atoms with van der Waals surface area (Å²) in [5.74, 6) is 0.0773. The number of carbonyl (C=O) groups is 2. The molecule has 0 bridgehead atoms. The highest BCUT2D eigenvalue weighted by Crippen LogP contribution is 2.29. The number of hydrazone groups is 1. The molecule has 0 saturated heterocycles. The van der Waals surface area contributed by atoms with Crippen molar-refractivity contribution in [3.05, 3.63) is 100 Å². The third kappa shape index (κ3) is 7.34. The number of carbonyl (C=O) groups excluding carboxylic acids is 2. The van der Waals surface area contributed by atoms with Gasteiger partial charge in [-0.2, -0.15) is 5.10 Å². The molecule has 0 saturated carbocycles. The second-order valence-electron chi connectivity index (χ2n) is 7.11. The highest BCUT2D eigenvalue weighted by Gasteiger charge is 2.14. The van der Waals surface area contributed by atoms with Crippen molar-refractivity contribution in [2.45, 2.75) is 6.42 Å². The van der Waals surface area contributed by atoms with Gasteiger partial charge >= 0.3 is 5.97 Å².